The topological polar surface area (TPSA) is 67.9 Å². The summed E-state index contributed by atoms with van der Waals surface area (Å²) in [5, 5.41) is 2.99. The highest BCUT2D eigenvalue weighted by Crippen LogP contribution is 2.61. The minimum atomic E-state index is -0.285. The van der Waals surface area contributed by atoms with Gasteiger partial charge in [0.1, 0.15) is 0 Å². The maximum atomic E-state index is 12.9. The first-order chi connectivity index (χ1) is 12.9. The van der Waals surface area contributed by atoms with Crippen molar-refractivity contribution < 1.29 is 19.1 Å². The van der Waals surface area contributed by atoms with Gasteiger partial charge >= 0.3 is 0 Å². The predicted octanol–water partition coefficient (Wildman–Crippen LogP) is 2.10. The van der Waals surface area contributed by atoms with Gasteiger partial charge in [0.25, 0.3) is 0 Å². The minimum Gasteiger partial charge on any atom is -0.493 e. The van der Waals surface area contributed by atoms with Crippen molar-refractivity contribution >= 4 is 11.8 Å². The van der Waals surface area contributed by atoms with E-state index in [1.54, 1.807) is 21.1 Å². The second-order valence-electron chi connectivity index (χ2n) is 8.18. The number of ether oxygens (including phenoxy) is 2. The first-order valence-corrected chi connectivity index (χ1v) is 9.72. The Morgan fingerprint density at radius 2 is 2.00 bits per heavy atom. The molecule has 2 heterocycles. The number of rotatable bonds is 4. The lowest BCUT2D eigenvalue weighted by Gasteiger charge is -2.45. The SMILES string of the molecule is COc1cc2c(cc1OC)[C@@]13C[C@H](C)[C@@H](CNC(C)=O)[C@@H]1CC(=O)N3CC2. The molecule has 1 aromatic carbocycles. The molecule has 2 aliphatic heterocycles. The molecule has 1 spiro atoms. The first-order valence-electron chi connectivity index (χ1n) is 9.72. The Kier molecular flexibility index (Phi) is 4.32. The third-order valence-electron chi connectivity index (χ3n) is 6.94. The number of carbonyl (C=O) groups is 2. The van der Waals surface area contributed by atoms with Crippen molar-refractivity contribution in [2.45, 2.75) is 38.6 Å². The smallest absolute Gasteiger partial charge is 0.223 e. The molecule has 1 aromatic rings. The van der Waals surface area contributed by atoms with Crippen LogP contribution in [0.3, 0.4) is 0 Å². The molecule has 2 amide bonds. The summed E-state index contributed by atoms with van der Waals surface area (Å²) in [5.74, 6) is 2.61. The summed E-state index contributed by atoms with van der Waals surface area (Å²) in [6, 6.07) is 4.16. The number of nitrogens with one attached hydrogen (secondary N) is 1. The van der Waals surface area contributed by atoms with Crippen molar-refractivity contribution in [2.75, 3.05) is 27.3 Å². The van der Waals surface area contributed by atoms with Gasteiger partial charge in [-0.1, -0.05) is 6.92 Å². The molecule has 6 nitrogen and oxygen atoms in total. The Labute approximate surface area is 160 Å². The molecular weight excluding hydrogens is 344 g/mol. The number of fused-ring (bicyclic) bond motifs is 1. The van der Waals surface area contributed by atoms with Gasteiger partial charge in [0, 0.05) is 26.4 Å². The van der Waals surface area contributed by atoms with Gasteiger partial charge in [-0.05, 0) is 53.9 Å². The van der Waals surface area contributed by atoms with E-state index in [1.807, 2.05) is 0 Å². The van der Waals surface area contributed by atoms with E-state index >= 15 is 0 Å². The molecule has 27 heavy (non-hydrogen) atoms. The fourth-order valence-electron chi connectivity index (χ4n) is 5.84. The number of benzene rings is 1. The Balaban J connectivity index is 1.82. The normalized spacial score (nSPS) is 31.2. The Morgan fingerprint density at radius 1 is 1.30 bits per heavy atom. The second-order valence-corrected chi connectivity index (χ2v) is 8.18. The molecule has 4 rings (SSSR count). The monoisotopic (exact) mass is 372 g/mol. The first kappa shape index (κ1) is 18.1. The lowest BCUT2D eigenvalue weighted by molar-refractivity contribution is -0.132. The van der Waals surface area contributed by atoms with E-state index in [0.717, 1.165) is 25.1 Å². The fourth-order valence-corrected chi connectivity index (χ4v) is 5.84. The van der Waals surface area contributed by atoms with Crippen molar-refractivity contribution in [1.82, 2.24) is 10.2 Å². The third kappa shape index (κ3) is 2.52. The summed E-state index contributed by atoms with van der Waals surface area (Å²) < 4.78 is 11.1. The molecule has 0 aromatic heterocycles. The van der Waals surface area contributed by atoms with E-state index in [2.05, 4.69) is 29.3 Å². The summed E-state index contributed by atoms with van der Waals surface area (Å²) in [5.41, 5.74) is 2.17. The predicted molar refractivity (Wildman–Crippen MR) is 101 cm³/mol. The molecule has 0 unspecified atom stereocenters. The standard InChI is InChI=1S/C21H28N2O4/c1-12-10-21-16-8-19(27-4)18(26-3)7-14(16)5-6-23(21)20(25)9-17(21)15(12)11-22-13(2)24/h7-8,12,15,17H,5-6,9-11H2,1-4H3,(H,22,24)/t12-,15+,17-,21-/m0/s1. The highest BCUT2D eigenvalue weighted by molar-refractivity contribution is 5.82. The van der Waals surface area contributed by atoms with Crippen LogP contribution < -0.4 is 14.8 Å². The van der Waals surface area contributed by atoms with E-state index in [9.17, 15) is 9.59 Å². The van der Waals surface area contributed by atoms with E-state index < -0.39 is 0 Å². The van der Waals surface area contributed by atoms with Gasteiger partial charge in [0.15, 0.2) is 11.5 Å². The minimum absolute atomic E-state index is 0.0141. The van der Waals surface area contributed by atoms with Gasteiger partial charge in [-0.25, -0.2) is 0 Å². The summed E-state index contributed by atoms with van der Waals surface area (Å²) in [7, 11) is 3.30. The highest BCUT2D eigenvalue weighted by atomic mass is 16.5. The molecular formula is C21H28N2O4. The number of hydrogen-bond acceptors (Lipinski definition) is 4. The Bertz CT molecular complexity index is 793. The largest absolute Gasteiger partial charge is 0.493 e. The van der Waals surface area contributed by atoms with Gasteiger partial charge in [-0.2, -0.15) is 0 Å². The highest BCUT2D eigenvalue weighted by Gasteiger charge is 2.63. The number of nitrogens with zero attached hydrogens (tertiary/aromatic N) is 1. The van der Waals surface area contributed by atoms with Gasteiger partial charge in [0.2, 0.25) is 11.8 Å². The lowest BCUT2D eigenvalue weighted by Crippen LogP contribution is -2.49. The summed E-state index contributed by atoms with van der Waals surface area (Å²) in [6.07, 6.45) is 2.32. The van der Waals surface area contributed by atoms with E-state index in [4.69, 9.17) is 9.47 Å². The number of amides is 2. The Morgan fingerprint density at radius 3 is 2.67 bits per heavy atom. The van der Waals surface area contributed by atoms with Crippen LogP contribution in [0.5, 0.6) is 11.5 Å². The van der Waals surface area contributed by atoms with Gasteiger partial charge in [-0.15, -0.1) is 0 Å². The van der Waals surface area contributed by atoms with E-state index in [1.165, 1.54) is 11.1 Å². The maximum absolute atomic E-state index is 12.9. The van der Waals surface area contributed by atoms with Crippen molar-refractivity contribution in [1.29, 1.82) is 0 Å². The molecule has 3 aliphatic rings. The van der Waals surface area contributed by atoms with Gasteiger partial charge < -0.3 is 19.7 Å². The lowest BCUT2D eigenvalue weighted by atomic mass is 9.74. The zero-order chi connectivity index (χ0) is 19.3. The van der Waals surface area contributed by atoms with Crippen LogP contribution in [-0.2, 0) is 21.5 Å². The fraction of sp³-hybridized carbons (Fsp3) is 0.619. The zero-order valence-electron chi connectivity index (χ0n) is 16.5. The molecule has 1 N–H and O–H groups in total. The number of carbonyl (C=O) groups excluding carboxylic acids is 2. The molecule has 0 radical (unpaired) electrons. The van der Waals surface area contributed by atoms with Crippen molar-refractivity contribution in [3.63, 3.8) is 0 Å². The van der Waals surface area contributed by atoms with Crippen LogP contribution in [0, 0.1) is 17.8 Å². The number of hydrogen-bond donors (Lipinski definition) is 1. The van der Waals surface area contributed by atoms with Crippen LogP contribution in [0.2, 0.25) is 0 Å². The maximum Gasteiger partial charge on any atom is 0.223 e. The van der Waals surface area contributed by atoms with Crippen molar-refractivity contribution in [3.05, 3.63) is 23.3 Å². The van der Waals surface area contributed by atoms with Crippen LogP contribution in [0.15, 0.2) is 12.1 Å². The van der Waals surface area contributed by atoms with Crippen LogP contribution in [0.1, 0.15) is 37.8 Å². The molecule has 146 valence electrons. The third-order valence-corrected chi connectivity index (χ3v) is 6.94. The average Bonchev–Trinajstić information content (AvgIpc) is 3.07. The summed E-state index contributed by atoms with van der Waals surface area (Å²) in [6.45, 7) is 5.18. The van der Waals surface area contributed by atoms with Gasteiger partial charge in [-0.3, -0.25) is 9.59 Å². The molecule has 4 atom stereocenters. The molecule has 2 fully saturated rings. The Hall–Kier alpha value is -2.24. The molecule has 1 saturated carbocycles. The van der Waals surface area contributed by atoms with Crippen LogP contribution in [-0.4, -0.2) is 44.0 Å². The van der Waals surface area contributed by atoms with Crippen molar-refractivity contribution in [2.24, 2.45) is 17.8 Å². The van der Waals surface area contributed by atoms with Crippen LogP contribution in [0.25, 0.3) is 0 Å². The second kappa shape index (κ2) is 6.43. The summed E-state index contributed by atoms with van der Waals surface area (Å²) in [4.78, 5) is 26.5. The molecule has 1 aliphatic carbocycles. The molecule has 0 bridgehead atoms. The van der Waals surface area contributed by atoms with E-state index in [-0.39, 0.29) is 23.3 Å². The zero-order valence-corrected chi connectivity index (χ0v) is 16.5. The van der Waals surface area contributed by atoms with E-state index in [0.29, 0.717) is 30.6 Å². The van der Waals surface area contributed by atoms with Crippen molar-refractivity contribution in [3.8, 4) is 11.5 Å². The quantitative estimate of drug-likeness (QED) is 0.879. The molecule has 1 saturated heterocycles. The molecule has 6 heteroatoms. The number of methoxy groups -OCH3 is 2. The summed E-state index contributed by atoms with van der Waals surface area (Å²) >= 11 is 0. The average molecular weight is 372 g/mol. The van der Waals surface area contributed by atoms with Crippen LogP contribution in [0.4, 0.5) is 0 Å². The van der Waals surface area contributed by atoms with Crippen LogP contribution >= 0.6 is 0 Å². The van der Waals surface area contributed by atoms with Gasteiger partial charge in [0.05, 0.1) is 19.8 Å².